The summed E-state index contributed by atoms with van der Waals surface area (Å²) in [6.07, 6.45) is 46.8. The molecule has 0 radical (unpaired) electrons. The lowest BCUT2D eigenvalue weighted by molar-refractivity contribution is -0.161. The zero-order valence-electron chi connectivity index (χ0n) is 34.7. The molecule has 9 nitrogen and oxygen atoms in total. The van der Waals surface area contributed by atoms with Crippen molar-refractivity contribution in [2.24, 2.45) is 0 Å². The van der Waals surface area contributed by atoms with Gasteiger partial charge in [-0.25, -0.2) is 4.57 Å². The molecule has 0 aliphatic heterocycles. The molecule has 55 heavy (non-hydrogen) atoms. The summed E-state index contributed by atoms with van der Waals surface area (Å²) in [7, 11) is -4.79. The van der Waals surface area contributed by atoms with Gasteiger partial charge in [0.15, 0.2) is 6.10 Å². The van der Waals surface area contributed by atoms with Gasteiger partial charge < -0.3 is 24.4 Å². The number of ether oxygens (including phenoxy) is 2. The van der Waals surface area contributed by atoms with E-state index >= 15 is 0 Å². The molecule has 0 saturated carbocycles. The van der Waals surface area contributed by atoms with E-state index in [0.29, 0.717) is 32.1 Å². The lowest BCUT2D eigenvalue weighted by atomic mass is 10.1. The number of carbonyl (C=O) groups is 2. The lowest BCUT2D eigenvalue weighted by Crippen LogP contribution is -2.29. The molecule has 0 aromatic carbocycles. The Bertz CT molecular complexity index is 1090. The van der Waals surface area contributed by atoms with Crippen LogP contribution in [0.2, 0.25) is 0 Å². The monoisotopic (exact) mass is 795 g/mol. The van der Waals surface area contributed by atoms with Crippen molar-refractivity contribution in [3.63, 3.8) is 0 Å². The van der Waals surface area contributed by atoms with Gasteiger partial charge in [-0.05, 0) is 70.6 Å². The number of phosphoric acid groups is 1. The highest BCUT2D eigenvalue weighted by Gasteiger charge is 2.22. The van der Waals surface area contributed by atoms with Crippen molar-refractivity contribution >= 4 is 19.8 Å². The number of allylic oxidation sites excluding steroid dienone is 8. The van der Waals surface area contributed by atoms with Crippen LogP contribution in [0.15, 0.2) is 60.8 Å². The first-order chi connectivity index (χ1) is 26.7. The molecule has 0 unspecified atom stereocenters. The van der Waals surface area contributed by atoms with Crippen molar-refractivity contribution in [3.8, 4) is 0 Å². The molecule has 0 aliphatic carbocycles. The Hall–Kier alpha value is -2.29. The molecule has 0 spiro atoms. The topological polar surface area (TPSA) is 140 Å². The fourth-order valence-electron chi connectivity index (χ4n) is 5.79. The fraction of sp³-hybridized carbons (Fsp3) is 0.733. The van der Waals surface area contributed by atoms with Crippen LogP contribution in [0.4, 0.5) is 0 Å². The van der Waals surface area contributed by atoms with Gasteiger partial charge in [-0.15, -0.1) is 0 Å². The van der Waals surface area contributed by atoms with Crippen molar-refractivity contribution in [2.75, 3.05) is 13.2 Å². The second kappa shape index (κ2) is 39.9. The van der Waals surface area contributed by atoms with Gasteiger partial charge in [-0.1, -0.05) is 164 Å². The minimum absolute atomic E-state index is 0.100. The fourth-order valence-corrected chi connectivity index (χ4v) is 6.15. The molecular weight excluding hydrogens is 715 g/mol. The van der Waals surface area contributed by atoms with Gasteiger partial charge in [0.25, 0.3) is 0 Å². The van der Waals surface area contributed by atoms with Crippen LogP contribution < -0.4 is 0 Å². The Morgan fingerprint density at radius 3 is 1.69 bits per heavy atom. The van der Waals surface area contributed by atoms with Gasteiger partial charge in [0.05, 0.1) is 12.7 Å². The summed E-state index contributed by atoms with van der Waals surface area (Å²) in [5.74, 6) is -0.995. The average Bonchev–Trinajstić information content (AvgIpc) is 3.15. The van der Waals surface area contributed by atoms with Crippen LogP contribution in [0.5, 0.6) is 0 Å². The van der Waals surface area contributed by atoms with Crippen LogP contribution in [0.3, 0.4) is 0 Å². The predicted octanol–water partition coefficient (Wildman–Crippen LogP) is 12.3. The summed E-state index contributed by atoms with van der Waals surface area (Å²) in [5, 5.41) is 10.0. The Morgan fingerprint density at radius 1 is 0.564 bits per heavy atom. The van der Waals surface area contributed by atoms with Crippen LogP contribution in [0, 0.1) is 0 Å². The van der Waals surface area contributed by atoms with Crippen LogP contribution in [0.1, 0.15) is 187 Å². The van der Waals surface area contributed by atoms with Crippen LogP contribution in [-0.2, 0) is 28.2 Å². The summed E-state index contributed by atoms with van der Waals surface area (Å²) < 4.78 is 26.3. The maximum atomic E-state index is 12.4. The number of rotatable bonds is 39. The lowest BCUT2D eigenvalue weighted by Gasteiger charge is -2.18. The van der Waals surface area contributed by atoms with Crippen molar-refractivity contribution in [3.05, 3.63) is 60.8 Å². The summed E-state index contributed by atoms with van der Waals surface area (Å²) >= 11 is 0. The third-order valence-electron chi connectivity index (χ3n) is 9.09. The molecule has 2 atom stereocenters. The number of esters is 2. The maximum Gasteiger partial charge on any atom is 0.469 e. The van der Waals surface area contributed by atoms with Crippen LogP contribution in [0.25, 0.3) is 0 Å². The first-order valence-corrected chi connectivity index (χ1v) is 23.2. The number of aliphatic hydroxyl groups is 1. The van der Waals surface area contributed by atoms with Crippen LogP contribution in [-0.4, -0.2) is 52.3 Å². The predicted molar refractivity (Wildman–Crippen MR) is 227 cm³/mol. The summed E-state index contributed by atoms with van der Waals surface area (Å²) in [5.41, 5.74) is 0. The van der Waals surface area contributed by atoms with Gasteiger partial charge >= 0.3 is 19.8 Å². The van der Waals surface area contributed by atoms with Gasteiger partial charge in [0.1, 0.15) is 6.61 Å². The first-order valence-electron chi connectivity index (χ1n) is 21.7. The molecule has 0 aliphatic rings. The molecule has 0 rings (SSSR count). The average molecular weight is 795 g/mol. The van der Waals surface area contributed by atoms with Crippen molar-refractivity contribution < 1.29 is 43.0 Å². The number of unbranched alkanes of at least 4 members (excludes halogenated alkanes) is 19. The smallest absolute Gasteiger partial charge is 0.462 e. The molecule has 0 saturated heterocycles. The largest absolute Gasteiger partial charge is 0.469 e. The Kier molecular flexibility index (Phi) is 38.3. The summed E-state index contributed by atoms with van der Waals surface area (Å²) in [4.78, 5) is 42.9. The molecule has 10 heteroatoms. The number of hydrogen-bond acceptors (Lipinski definition) is 7. The first kappa shape index (κ1) is 52.7. The zero-order valence-corrected chi connectivity index (χ0v) is 35.6. The minimum Gasteiger partial charge on any atom is -0.462 e. The third-order valence-corrected chi connectivity index (χ3v) is 9.57. The molecule has 0 bridgehead atoms. The Balaban J connectivity index is 4.05. The normalized spacial score (nSPS) is 13.6. The Morgan fingerprint density at radius 2 is 1.05 bits per heavy atom. The van der Waals surface area contributed by atoms with E-state index in [1.54, 1.807) is 6.08 Å². The highest BCUT2D eigenvalue weighted by Crippen LogP contribution is 2.36. The van der Waals surface area contributed by atoms with E-state index in [0.717, 1.165) is 25.7 Å². The third kappa shape index (κ3) is 42.7. The van der Waals surface area contributed by atoms with Crippen molar-refractivity contribution in [2.45, 2.75) is 199 Å². The minimum atomic E-state index is -4.79. The molecule has 0 amide bonds. The molecule has 318 valence electrons. The molecule has 0 heterocycles. The highest BCUT2D eigenvalue weighted by molar-refractivity contribution is 7.46. The summed E-state index contributed by atoms with van der Waals surface area (Å²) in [6, 6.07) is 0. The van der Waals surface area contributed by atoms with Crippen LogP contribution >= 0.6 is 7.82 Å². The van der Waals surface area contributed by atoms with E-state index in [1.807, 2.05) is 36.5 Å². The number of carbonyl (C=O) groups excluding carboxylic acids is 2. The van der Waals surface area contributed by atoms with E-state index < -0.39 is 38.6 Å². The number of aliphatic hydroxyl groups excluding tert-OH is 1. The van der Waals surface area contributed by atoms with Crippen molar-refractivity contribution in [1.82, 2.24) is 0 Å². The molecule has 0 aromatic heterocycles. The number of phosphoric ester groups is 1. The molecule has 0 aromatic rings. The second-order valence-electron chi connectivity index (χ2n) is 14.5. The van der Waals surface area contributed by atoms with E-state index in [-0.39, 0.29) is 19.4 Å². The summed E-state index contributed by atoms with van der Waals surface area (Å²) in [6.45, 7) is 3.54. The number of hydrogen-bond donors (Lipinski definition) is 3. The van der Waals surface area contributed by atoms with E-state index in [1.165, 1.54) is 103 Å². The SMILES string of the molecule is CCCCC/C=C\C=C/[C@H](O)C/C=C\C/C=C/CCCC(=O)O[C@H](COC(=O)CCCCCCCCCCC/C=C\CCCCCCCC)COP(=O)(O)O. The maximum absolute atomic E-state index is 12.4. The second-order valence-corrected chi connectivity index (χ2v) is 15.8. The van der Waals surface area contributed by atoms with Gasteiger partial charge in [-0.3, -0.25) is 14.1 Å². The molecule has 3 N–H and O–H groups in total. The van der Waals surface area contributed by atoms with Gasteiger partial charge in [0, 0.05) is 12.8 Å². The van der Waals surface area contributed by atoms with Gasteiger partial charge in [-0.2, -0.15) is 0 Å². The van der Waals surface area contributed by atoms with Gasteiger partial charge in [0.2, 0.25) is 0 Å². The van der Waals surface area contributed by atoms with Crippen molar-refractivity contribution in [1.29, 1.82) is 0 Å². The Labute approximate surface area is 335 Å². The molecular formula is C45H79O9P. The molecule has 0 fully saturated rings. The van der Waals surface area contributed by atoms with E-state index in [9.17, 15) is 19.3 Å². The van der Waals surface area contributed by atoms with E-state index in [2.05, 4.69) is 36.6 Å². The quantitative estimate of drug-likeness (QED) is 0.0182. The standard InChI is InChI=1S/C45H79O9P/c1-3-5-7-9-11-12-13-14-15-16-17-18-19-20-21-22-26-30-34-38-44(47)52-40-43(41-53-55(49,50)51)54-45(48)39-35-31-27-23-25-29-33-37-42(46)36-32-28-24-10-8-6-4-2/h14-15,23-24,27-29,32-33,36,42-43,46H,3-13,16-22,25-26,30-31,34-35,37-41H2,1-2H3,(H2,49,50,51)/b15-14-,27-23+,28-24-,33-29-,36-32-/t42-,43+/m0/s1. The zero-order chi connectivity index (χ0) is 40.5. The van der Waals surface area contributed by atoms with E-state index in [4.69, 9.17) is 19.3 Å². The highest BCUT2D eigenvalue weighted by atomic mass is 31.2.